The Kier molecular flexibility index (Phi) is 3.23. The van der Waals surface area contributed by atoms with E-state index < -0.39 is 0 Å². The fraction of sp³-hybridized carbons (Fsp3) is 0.500. The molecule has 4 nitrogen and oxygen atoms in total. The third-order valence-electron chi connectivity index (χ3n) is 4.39. The van der Waals surface area contributed by atoms with Gasteiger partial charge < -0.3 is 9.64 Å². The van der Waals surface area contributed by atoms with Crippen LogP contribution in [0, 0.1) is 16.7 Å². The first-order chi connectivity index (χ1) is 9.61. The van der Waals surface area contributed by atoms with E-state index in [-0.39, 0.29) is 11.3 Å². The molecule has 20 heavy (non-hydrogen) atoms. The minimum Gasteiger partial charge on any atom is -0.372 e. The minimum atomic E-state index is -0.275. The number of carbonyl (C=O) groups excluding carboxylic acids is 1. The van der Waals surface area contributed by atoms with Crippen molar-refractivity contribution >= 4 is 5.91 Å². The van der Waals surface area contributed by atoms with Crippen LogP contribution in [0.2, 0.25) is 0 Å². The Labute approximate surface area is 118 Å². The number of nitriles is 1. The van der Waals surface area contributed by atoms with E-state index in [4.69, 9.17) is 10.00 Å². The molecule has 0 aromatic heterocycles. The maximum atomic E-state index is 12.5. The van der Waals surface area contributed by atoms with Crippen LogP contribution in [0.1, 0.15) is 41.3 Å². The molecule has 0 spiro atoms. The average Bonchev–Trinajstić information content (AvgIpc) is 2.94. The maximum absolute atomic E-state index is 12.5. The van der Waals surface area contributed by atoms with E-state index in [0.717, 1.165) is 24.0 Å². The molecule has 1 fully saturated rings. The zero-order chi connectivity index (χ0) is 14.2. The third-order valence-corrected chi connectivity index (χ3v) is 4.39. The Morgan fingerprint density at radius 1 is 1.30 bits per heavy atom. The molecule has 2 aliphatic rings. The fourth-order valence-electron chi connectivity index (χ4n) is 2.80. The SMILES string of the molecule is CC1(C#N)CCN(C(=O)c2ccc3c(c2)COC3)CC1. The van der Waals surface area contributed by atoms with Crippen molar-refractivity contribution in [3.63, 3.8) is 0 Å². The van der Waals surface area contributed by atoms with E-state index in [9.17, 15) is 4.79 Å². The predicted molar refractivity (Wildman–Crippen MR) is 73.8 cm³/mol. The lowest BCUT2D eigenvalue weighted by Gasteiger charge is -2.35. The average molecular weight is 270 g/mol. The summed E-state index contributed by atoms with van der Waals surface area (Å²) in [5.74, 6) is 0.0692. The van der Waals surface area contributed by atoms with Gasteiger partial charge in [0.15, 0.2) is 0 Å². The monoisotopic (exact) mass is 270 g/mol. The van der Waals surface area contributed by atoms with E-state index >= 15 is 0 Å². The summed E-state index contributed by atoms with van der Waals surface area (Å²) in [6.45, 7) is 4.55. The highest BCUT2D eigenvalue weighted by molar-refractivity contribution is 5.94. The zero-order valence-electron chi connectivity index (χ0n) is 11.7. The molecule has 3 rings (SSSR count). The van der Waals surface area contributed by atoms with Crippen LogP contribution in [0.5, 0.6) is 0 Å². The van der Waals surface area contributed by atoms with Crippen LogP contribution in [-0.4, -0.2) is 23.9 Å². The minimum absolute atomic E-state index is 0.0692. The summed E-state index contributed by atoms with van der Waals surface area (Å²) in [6, 6.07) is 8.17. The van der Waals surface area contributed by atoms with Crippen LogP contribution < -0.4 is 0 Å². The van der Waals surface area contributed by atoms with Crippen molar-refractivity contribution in [2.24, 2.45) is 5.41 Å². The van der Waals surface area contributed by atoms with E-state index in [1.165, 1.54) is 5.56 Å². The van der Waals surface area contributed by atoms with Crippen molar-refractivity contribution in [1.29, 1.82) is 5.26 Å². The molecule has 1 saturated heterocycles. The van der Waals surface area contributed by atoms with Gasteiger partial charge in [0, 0.05) is 18.7 Å². The number of amides is 1. The van der Waals surface area contributed by atoms with Gasteiger partial charge in [-0.2, -0.15) is 5.26 Å². The second-order valence-electron chi connectivity index (χ2n) is 5.94. The molecule has 0 unspecified atom stereocenters. The molecule has 1 aromatic carbocycles. The van der Waals surface area contributed by atoms with Gasteiger partial charge in [0.05, 0.1) is 24.7 Å². The molecule has 1 amide bonds. The topological polar surface area (TPSA) is 53.3 Å². The van der Waals surface area contributed by atoms with Gasteiger partial charge in [-0.1, -0.05) is 6.07 Å². The predicted octanol–water partition coefficient (Wildman–Crippen LogP) is 2.48. The highest BCUT2D eigenvalue weighted by atomic mass is 16.5. The Morgan fingerprint density at radius 2 is 2.00 bits per heavy atom. The second-order valence-corrected chi connectivity index (χ2v) is 5.94. The van der Waals surface area contributed by atoms with E-state index in [1.54, 1.807) is 0 Å². The molecule has 0 N–H and O–H groups in total. The summed E-state index contributed by atoms with van der Waals surface area (Å²) < 4.78 is 5.38. The van der Waals surface area contributed by atoms with Crippen molar-refractivity contribution in [2.75, 3.05) is 13.1 Å². The molecule has 104 valence electrons. The molecule has 0 aliphatic carbocycles. The number of fused-ring (bicyclic) bond motifs is 1. The highest BCUT2D eigenvalue weighted by Gasteiger charge is 2.32. The van der Waals surface area contributed by atoms with Gasteiger partial charge >= 0.3 is 0 Å². The van der Waals surface area contributed by atoms with Crippen LogP contribution in [0.4, 0.5) is 0 Å². The number of piperidine rings is 1. The normalized spacial score (nSPS) is 20.3. The van der Waals surface area contributed by atoms with Gasteiger partial charge in [-0.3, -0.25) is 4.79 Å². The van der Waals surface area contributed by atoms with Crippen molar-refractivity contribution in [2.45, 2.75) is 33.0 Å². The number of benzene rings is 1. The number of hydrogen-bond acceptors (Lipinski definition) is 3. The first kappa shape index (κ1) is 13.1. The van der Waals surface area contributed by atoms with Crippen molar-refractivity contribution < 1.29 is 9.53 Å². The third kappa shape index (κ3) is 2.30. The Hall–Kier alpha value is -1.86. The van der Waals surface area contributed by atoms with Crippen LogP contribution >= 0.6 is 0 Å². The highest BCUT2D eigenvalue weighted by Crippen LogP contribution is 2.30. The van der Waals surface area contributed by atoms with Crippen molar-refractivity contribution in [3.05, 3.63) is 34.9 Å². The molecule has 2 heterocycles. The number of carbonyl (C=O) groups is 1. The van der Waals surface area contributed by atoms with Crippen molar-refractivity contribution in [3.8, 4) is 6.07 Å². The van der Waals surface area contributed by atoms with Crippen LogP contribution in [0.3, 0.4) is 0 Å². The van der Waals surface area contributed by atoms with E-state index in [2.05, 4.69) is 6.07 Å². The first-order valence-corrected chi connectivity index (χ1v) is 7.01. The lowest BCUT2D eigenvalue weighted by Crippen LogP contribution is -2.41. The van der Waals surface area contributed by atoms with Gasteiger partial charge in [-0.15, -0.1) is 0 Å². The zero-order valence-corrected chi connectivity index (χ0v) is 11.7. The summed E-state index contributed by atoms with van der Waals surface area (Å²) in [5, 5.41) is 9.13. The number of ether oxygens (including phenoxy) is 1. The van der Waals surface area contributed by atoms with E-state index in [1.807, 2.05) is 30.0 Å². The molecule has 0 radical (unpaired) electrons. The van der Waals surface area contributed by atoms with E-state index in [0.29, 0.717) is 26.3 Å². The summed E-state index contributed by atoms with van der Waals surface area (Å²) in [4.78, 5) is 14.4. The van der Waals surface area contributed by atoms with Gasteiger partial charge in [-0.05, 0) is 43.0 Å². The van der Waals surface area contributed by atoms with Gasteiger partial charge in [0.25, 0.3) is 5.91 Å². The summed E-state index contributed by atoms with van der Waals surface area (Å²) in [6.07, 6.45) is 1.51. The summed E-state index contributed by atoms with van der Waals surface area (Å²) in [7, 11) is 0. The van der Waals surface area contributed by atoms with Crippen molar-refractivity contribution in [1.82, 2.24) is 4.90 Å². The number of nitrogens with zero attached hydrogens (tertiary/aromatic N) is 2. The molecule has 0 atom stereocenters. The number of hydrogen-bond donors (Lipinski definition) is 0. The molecular formula is C16H18N2O2. The van der Waals surface area contributed by atoms with Crippen LogP contribution in [-0.2, 0) is 18.0 Å². The standard InChI is InChI=1S/C16H18N2O2/c1-16(11-17)4-6-18(7-5-16)15(19)12-2-3-13-9-20-10-14(13)8-12/h2-3,8H,4-7,9-10H2,1H3. The summed E-state index contributed by atoms with van der Waals surface area (Å²) >= 11 is 0. The molecule has 1 aromatic rings. The quantitative estimate of drug-likeness (QED) is 0.787. The largest absolute Gasteiger partial charge is 0.372 e. The Morgan fingerprint density at radius 3 is 2.70 bits per heavy atom. The lowest BCUT2D eigenvalue weighted by atomic mass is 9.82. The first-order valence-electron chi connectivity index (χ1n) is 7.01. The lowest BCUT2D eigenvalue weighted by molar-refractivity contribution is 0.0661. The molecule has 4 heteroatoms. The maximum Gasteiger partial charge on any atom is 0.253 e. The summed E-state index contributed by atoms with van der Waals surface area (Å²) in [5.41, 5.74) is 2.75. The van der Waals surface area contributed by atoms with Gasteiger partial charge in [-0.25, -0.2) is 0 Å². The Bertz CT molecular complexity index is 581. The number of likely N-dealkylation sites (tertiary alicyclic amines) is 1. The van der Waals surface area contributed by atoms with Gasteiger partial charge in [0.1, 0.15) is 0 Å². The fourth-order valence-corrected chi connectivity index (χ4v) is 2.80. The Balaban J connectivity index is 1.73. The molecule has 0 bridgehead atoms. The smallest absolute Gasteiger partial charge is 0.253 e. The molecule has 0 saturated carbocycles. The molecular weight excluding hydrogens is 252 g/mol. The van der Waals surface area contributed by atoms with Crippen LogP contribution in [0.25, 0.3) is 0 Å². The van der Waals surface area contributed by atoms with Crippen LogP contribution in [0.15, 0.2) is 18.2 Å². The molecule has 2 aliphatic heterocycles. The second kappa shape index (κ2) is 4.92. The number of rotatable bonds is 1. The van der Waals surface area contributed by atoms with Gasteiger partial charge in [0.2, 0.25) is 0 Å².